The second kappa shape index (κ2) is 6.62. The van der Waals surface area contributed by atoms with Gasteiger partial charge in [-0.05, 0) is 19.4 Å². The van der Waals surface area contributed by atoms with E-state index >= 15 is 0 Å². The molecule has 1 atom stereocenters. The van der Waals surface area contributed by atoms with Crippen LogP contribution in [-0.4, -0.2) is 15.7 Å². The Morgan fingerprint density at radius 1 is 1.35 bits per heavy atom. The zero-order valence-corrected chi connectivity index (χ0v) is 13.2. The molecule has 1 amide bonds. The Bertz CT molecular complexity index is 698. The number of hydrogen-bond donors (Lipinski definition) is 1. The lowest BCUT2D eigenvalue weighted by molar-refractivity contribution is -0.141. The van der Waals surface area contributed by atoms with Crippen LogP contribution >= 0.6 is 11.6 Å². The van der Waals surface area contributed by atoms with Gasteiger partial charge in [0.05, 0.1) is 10.7 Å². The van der Waals surface area contributed by atoms with Crippen LogP contribution in [0.25, 0.3) is 0 Å². The molecular weight excluding hydrogens is 331 g/mol. The summed E-state index contributed by atoms with van der Waals surface area (Å²) in [5.74, 6) is -0.440. The summed E-state index contributed by atoms with van der Waals surface area (Å²) < 4.78 is 39.4. The van der Waals surface area contributed by atoms with Crippen LogP contribution < -0.4 is 5.32 Å². The Labute approximate surface area is 136 Å². The third-order valence-electron chi connectivity index (χ3n) is 3.40. The Balaban J connectivity index is 2.14. The highest BCUT2D eigenvalue weighted by atomic mass is 35.5. The van der Waals surface area contributed by atoms with E-state index in [1.165, 1.54) is 13.8 Å². The minimum atomic E-state index is -4.66. The van der Waals surface area contributed by atoms with Gasteiger partial charge in [-0.1, -0.05) is 41.9 Å². The van der Waals surface area contributed by atoms with Gasteiger partial charge in [-0.2, -0.15) is 18.3 Å². The van der Waals surface area contributed by atoms with Crippen LogP contribution in [0, 0.1) is 6.92 Å². The highest BCUT2D eigenvalue weighted by Crippen LogP contribution is 2.36. The first-order valence-corrected chi connectivity index (χ1v) is 7.23. The molecule has 8 heteroatoms. The van der Waals surface area contributed by atoms with Crippen LogP contribution in [0.5, 0.6) is 0 Å². The zero-order valence-electron chi connectivity index (χ0n) is 12.5. The molecule has 2 rings (SSSR count). The van der Waals surface area contributed by atoms with E-state index < -0.39 is 28.8 Å². The molecule has 0 unspecified atom stereocenters. The molecule has 1 N–H and O–H groups in total. The largest absolute Gasteiger partial charge is 0.436 e. The first-order chi connectivity index (χ1) is 10.7. The van der Waals surface area contributed by atoms with Gasteiger partial charge in [0, 0.05) is 6.54 Å². The highest BCUT2D eigenvalue weighted by Gasteiger charge is 2.39. The van der Waals surface area contributed by atoms with E-state index in [2.05, 4.69) is 10.4 Å². The van der Waals surface area contributed by atoms with E-state index in [1.807, 2.05) is 30.3 Å². The number of carbonyl (C=O) groups excluding carboxylic acids is 1. The van der Waals surface area contributed by atoms with Crippen molar-refractivity contribution >= 4 is 17.5 Å². The molecular formula is C15H15ClF3N3O. The van der Waals surface area contributed by atoms with Crippen molar-refractivity contribution in [3.8, 4) is 0 Å². The Morgan fingerprint density at radius 2 is 1.96 bits per heavy atom. The Kier molecular flexibility index (Phi) is 4.99. The quantitative estimate of drug-likeness (QED) is 0.917. The van der Waals surface area contributed by atoms with E-state index in [-0.39, 0.29) is 12.2 Å². The molecule has 2 aromatic rings. The molecule has 4 nitrogen and oxygen atoms in total. The van der Waals surface area contributed by atoms with Gasteiger partial charge in [-0.25, -0.2) is 0 Å². The maximum Gasteiger partial charge on any atom is 0.436 e. The number of benzene rings is 1. The second-order valence-electron chi connectivity index (χ2n) is 5.07. The molecule has 1 aromatic heterocycles. The lowest BCUT2D eigenvalue weighted by Crippen LogP contribution is -2.31. The number of hydrogen-bond acceptors (Lipinski definition) is 2. The fourth-order valence-electron chi connectivity index (χ4n) is 2.10. The maximum atomic E-state index is 12.8. The van der Waals surface area contributed by atoms with Crippen molar-refractivity contribution in [1.82, 2.24) is 15.1 Å². The molecule has 0 aliphatic heterocycles. The summed E-state index contributed by atoms with van der Waals surface area (Å²) >= 11 is 5.69. The van der Waals surface area contributed by atoms with E-state index in [0.717, 1.165) is 10.2 Å². The van der Waals surface area contributed by atoms with Crippen molar-refractivity contribution in [3.63, 3.8) is 0 Å². The van der Waals surface area contributed by atoms with Crippen molar-refractivity contribution < 1.29 is 18.0 Å². The number of amides is 1. The smallest absolute Gasteiger partial charge is 0.350 e. The molecule has 23 heavy (non-hydrogen) atoms. The van der Waals surface area contributed by atoms with Crippen LogP contribution in [0.15, 0.2) is 30.3 Å². The minimum Gasteiger partial charge on any atom is -0.350 e. The first-order valence-electron chi connectivity index (χ1n) is 6.85. The van der Waals surface area contributed by atoms with Gasteiger partial charge >= 0.3 is 6.18 Å². The van der Waals surface area contributed by atoms with Crippen molar-refractivity contribution in [2.24, 2.45) is 0 Å². The number of nitrogens with zero attached hydrogens (tertiary/aromatic N) is 2. The summed E-state index contributed by atoms with van der Waals surface area (Å²) in [6.07, 6.45) is -4.66. The predicted octanol–water partition coefficient (Wildman–Crippen LogP) is 3.74. The molecule has 0 aliphatic carbocycles. The number of alkyl halides is 3. The van der Waals surface area contributed by atoms with E-state index in [1.54, 1.807) is 0 Å². The summed E-state index contributed by atoms with van der Waals surface area (Å²) in [7, 11) is 0. The van der Waals surface area contributed by atoms with E-state index in [0.29, 0.717) is 0 Å². The number of carbonyl (C=O) groups is 1. The Hall–Kier alpha value is -2.02. The van der Waals surface area contributed by atoms with Crippen molar-refractivity contribution in [1.29, 1.82) is 0 Å². The summed E-state index contributed by atoms with van der Waals surface area (Å²) in [5.41, 5.74) is -0.194. The van der Waals surface area contributed by atoms with E-state index in [4.69, 9.17) is 11.6 Å². The molecule has 0 saturated heterocycles. The molecule has 0 spiro atoms. The van der Waals surface area contributed by atoms with Crippen LogP contribution in [-0.2, 0) is 17.5 Å². The van der Waals surface area contributed by atoms with Gasteiger partial charge in [0.2, 0.25) is 5.91 Å². The third-order valence-corrected chi connectivity index (χ3v) is 3.85. The standard InChI is InChI=1S/C15H15ClF3N3O/c1-9-12(16)13(15(17,18)19)21-22(9)10(2)14(23)20-8-11-6-4-3-5-7-11/h3-7,10H,8H2,1-2H3,(H,20,23)/t10-/m0/s1. The third kappa shape index (κ3) is 3.85. The molecule has 0 radical (unpaired) electrons. The second-order valence-corrected chi connectivity index (χ2v) is 5.45. The zero-order chi connectivity index (χ0) is 17.2. The van der Waals surface area contributed by atoms with Gasteiger partial charge in [0.1, 0.15) is 6.04 Å². The lowest BCUT2D eigenvalue weighted by Gasteiger charge is -2.14. The number of rotatable bonds is 4. The molecule has 124 valence electrons. The number of halogens is 4. The fourth-order valence-corrected chi connectivity index (χ4v) is 2.33. The first kappa shape index (κ1) is 17.3. The SMILES string of the molecule is Cc1c(Cl)c(C(F)(F)F)nn1[C@@H](C)C(=O)NCc1ccccc1. The van der Waals surface area contributed by atoms with Crippen molar-refractivity contribution in [3.05, 3.63) is 52.3 Å². The number of nitrogens with one attached hydrogen (secondary N) is 1. The van der Waals surface area contributed by atoms with Crippen LogP contribution in [0.2, 0.25) is 5.02 Å². The summed E-state index contributed by atoms with van der Waals surface area (Å²) in [5, 5.41) is 5.64. The summed E-state index contributed by atoms with van der Waals surface area (Å²) in [6.45, 7) is 3.15. The van der Waals surface area contributed by atoms with Gasteiger partial charge in [-0.15, -0.1) is 0 Å². The highest BCUT2D eigenvalue weighted by molar-refractivity contribution is 6.32. The average Bonchev–Trinajstić information content (AvgIpc) is 2.81. The maximum absolute atomic E-state index is 12.8. The summed E-state index contributed by atoms with van der Waals surface area (Å²) in [6, 6.07) is 8.27. The molecule has 0 saturated carbocycles. The van der Waals surface area contributed by atoms with Gasteiger partial charge in [0.25, 0.3) is 0 Å². The van der Waals surface area contributed by atoms with Crippen molar-refractivity contribution in [2.45, 2.75) is 32.6 Å². The molecule has 0 fully saturated rings. The van der Waals surface area contributed by atoms with Crippen LogP contribution in [0.3, 0.4) is 0 Å². The fraction of sp³-hybridized carbons (Fsp3) is 0.333. The van der Waals surface area contributed by atoms with Gasteiger partial charge < -0.3 is 5.32 Å². The molecule has 1 aromatic carbocycles. The van der Waals surface area contributed by atoms with E-state index in [9.17, 15) is 18.0 Å². The van der Waals surface area contributed by atoms with Gasteiger partial charge in [-0.3, -0.25) is 9.48 Å². The van der Waals surface area contributed by atoms with Gasteiger partial charge in [0.15, 0.2) is 5.69 Å². The molecule has 0 bridgehead atoms. The average molecular weight is 346 g/mol. The topological polar surface area (TPSA) is 46.9 Å². The molecule has 1 heterocycles. The van der Waals surface area contributed by atoms with Crippen molar-refractivity contribution in [2.75, 3.05) is 0 Å². The number of aromatic nitrogens is 2. The Morgan fingerprint density at radius 3 is 2.48 bits per heavy atom. The van der Waals surface area contributed by atoms with Crippen LogP contribution in [0.1, 0.15) is 29.9 Å². The monoisotopic (exact) mass is 345 g/mol. The molecule has 0 aliphatic rings. The van der Waals surface area contributed by atoms with Crippen LogP contribution in [0.4, 0.5) is 13.2 Å². The minimum absolute atomic E-state index is 0.0985. The summed E-state index contributed by atoms with van der Waals surface area (Å²) in [4.78, 5) is 12.1. The predicted molar refractivity (Wildman–Crippen MR) is 80.0 cm³/mol. The normalized spacial score (nSPS) is 13.0. The lowest BCUT2D eigenvalue weighted by atomic mass is 10.2.